The van der Waals surface area contributed by atoms with Crippen molar-refractivity contribution in [1.29, 1.82) is 0 Å². The van der Waals surface area contributed by atoms with E-state index >= 15 is 0 Å². The molecule has 110 valence electrons. The predicted octanol–water partition coefficient (Wildman–Crippen LogP) is 3.92. The van der Waals surface area contributed by atoms with Gasteiger partial charge in [0.05, 0.1) is 0 Å². The van der Waals surface area contributed by atoms with Gasteiger partial charge >= 0.3 is 0 Å². The van der Waals surface area contributed by atoms with Gasteiger partial charge in [0.25, 0.3) is 5.91 Å². The highest BCUT2D eigenvalue weighted by Crippen LogP contribution is 2.37. The van der Waals surface area contributed by atoms with Crippen LogP contribution in [0.5, 0.6) is 5.75 Å². The van der Waals surface area contributed by atoms with E-state index < -0.39 is 0 Å². The zero-order valence-electron chi connectivity index (χ0n) is 12.6. The van der Waals surface area contributed by atoms with E-state index in [1.54, 1.807) is 11.0 Å². The fraction of sp³-hybridized carbons (Fsp3) is 0.588. The van der Waals surface area contributed by atoms with E-state index in [1.165, 1.54) is 19.3 Å². The highest BCUT2D eigenvalue weighted by atomic mass is 16.3. The zero-order valence-corrected chi connectivity index (χ0v) is 12.6. The molecule has 1 aliphatic carbocycles. The van der Waals surface area contributed by atoms with Crippen molar-refractivity contribution in [3.05, 3.63) is 29.3 Å². The topological polar surface area (TPSA) is 40.5 Å². The smallest absolute Gasteiger partial charge is 0.253 e. The standard InChI is InChI=1S/C17H25NO2/c1-3-18(4-2)17(20)14-10-11-15(16(19)12-14)13-8-6-5-7-9-13/h10-13,19H,3-9H2,1-2H3. The fourth-order valence-corrected chi connectivity index (χ4v) is 3.13. The summed E-state index contributed by atoms with van der Waals surface area (Å²) in [7, 11) is 0. The maximum absolute atomic E-state index is 12.3. The lowest BCUT2D eigenvalue weighted by molar-refractivity contribution is 0.0772. The van der Waals surface area contributed by atoms with Crippen LogP contribution in [-0.2, 0) is 0 Å². The molecule has 1 saturated carbocycles. The Kier molecular flexibility index (Phi) is 5.05. The number of hydrogen-bond acceptors (Lipinski definition) is 2. The molecule has 0 unspecified atom stereocenters. The van der Waals surface area contributed by atoms with Crippen LogP contribution in [-0.4, -0.2) is 29.0 Å². The number of phenols is 1. The third-order valence-corrected chi connectivity index (χ3v) is 4.37. The van der Waals surface area contributed by atoms with Gasteiger partial charge < -0.3 is 10.0 Å². The van der Waals surface area contributed by atoms with Crippen molar-refractivity contribution in [2.24, 2.45) is 0 Å². The summed E-state index contributed by atoms with van der Waals surface area (Å²) in [5.41, 5.74) is 1.60. The Bertz CT molecular complexity index is 460. The second-order valence-electron chi connectivity index (χ2n) is 5.59. The Hall–Kier alpha value is -1.51. The third-order valence-electron chi connectivity index (χ3n) is 4.37. The molecule has 0 atom stereocenters. The van der Waals surface area contributed by atoms with Gasteiger partial charge in [-0.1, -0.05) is 25.3 Å². The van der Waals surface area contributed by atoms with Crippen molar-refractivity contribution < 1.29 is 9.90 Å². The van der Waals surface area contributed by atoms with Crippen LogP contribution in [0.25, 0.3) is 0 Å². The normalized spacial score (nSPS) is 16.1. The highest BCUT2D eigenvalue weighted by molar-refractivity contribution is 5.94. The Balaban J connectivity index is 2.18. The second kappa shape index (κ2) is 6.78. The third kappa shape index (κ3) is 3.14. The summed E-state index contributed by atoms with van der Waals surface area (Å²) < 4.78 is 0. The molecule has 1 amide bonds. The lowest BCUT2D eigenvalue weighted by Gasteiger charge is -2.23. The number of carbonyl (C=O) groups is 1. The zero-order chi connectivity index (χ0) is 14.5. The number of phenolic OH excluding ortho intramolecular Hbond substituents is 1. The Labute approximate surface area is 121 Å². The SMILES string of the molecule is CCN(CC)C(=O)c1ccc(C2CCCCC2)c(O)c1. The summed E-state index contributed by atoms with van der Waals surface area (Å²) in [6, 6.07) is 5.46. The molecular weight excluding hydrogens is 250 g/mol. The van der Waals surface area contributed by atoms with Crippen LogP contribution in [0.15, 0.2) is 18.2 Å². The van der Waals surface area contributed by atoms with E-state index in [2.05, 4.69) is 0 Å². The number of nitrogens with zero attached hydrogens (tertiary/aromatic N) is 1. The van der Waals surface area contributed by atoms with Gasteiger partial charge in [0.1, 0.15) is 5.75 Å². The van der Waals surface area contributed by atoms with Gasteiger partial charge in [0, 0.05) is 18.7 Å². The lowest BCUT2D eigenvalue weighted by Crippen LogP contribution is -2.30. The monoisotopic (exact) mass is 275 g/mol. The van der Waals surface area contributed by atoms with Crippen LogP contribution in [0.3, 0.4) is 0 Å². The van der Waals surface area contributed by atoms with Gasteiger partial charge in [0.15, 0.2) is 0 Å². The number of benzene rings is 1. The minimum absolute atomic E-state index is 0.000458. The predicted molar refractivity (Wildman–Crippen MR) is 81.2 cm³/mol. The van der Waals surface area contributed by atoms with E-state index in [0.29, 0.717) is 24.6 Å². The first-order valence-electron chi connectivity index (χ1n) is 7.79. The second-order valence-corrected chi connectivity index (χ2v) is 5.59. The van der Waals surface area contributed by atoms with Gasteiger partial charge in [0.2, 0.25) is 0 Å². The van der Waals surface area contributed by atoms with E-state index in [1.807, 2.05) is 26.0 Å². The van der Waals surface area contributed by atoms with E-state index in [9.17, 15) is 9.90 Å². The van der Waals surface area contributed by atoms with Crippen LogP contribution in [0, 0.1) is 0 Å². The summed E-state index contributed by atoms with van der Waals surface area (Å²) in [4.78, 5) is 14.0. The summed E-state index contributed by atoms with van der Waals surface area (Å²) in [5, 5.41) is 10.2. The molecule has 20 heavy (non-hydrogen) atoms. The van der Waals surface area contributed by atoms with E-state index in [-0.39, 0.29) is 11.7 Å². The molecule has 2 rings (SSSR count). The molecule has 0 spiro atoms. The molecule has 0 bridgehead atoms. The first-order chi connectivity index (χ1) is 9.67. The number of hydrogen-bond donors (Lipinski definition) is 1. The average molecular weight is 275 g/mol. The Morgan fingerprint density at radius 2 is 1.85 bits per heavy atom. The van der Waals surface area contributed by atoms with Crippen LogP contribution in [0.1, 0.15) is 67.8 Å². The molecule has 0 aromatic heterocycles. The number of aromatic hydroxyl groups is 1. The molecule has 1 N–H and O–H groups in total. The molecule has 0 radical (unpaired) electrons. The van der Waals surface area contributed by atoms with Gasteiger partial charge in [-0.2, -0.15) is 0 Å². The number of amides is 1. The maximum Gasteiger partial charge on any atom is 0.253 e. The molecule has 0 heterocycles. The molecule has 0 aliphatic heterocycles. The largest absolute Gasteiger partial charge is 0.508 e. The van der Waals surface area contributed by atoms with Crippen molar-refractivity contribution in [2.75, 3.05) is 13.1 Å². The van der Waals surface area contributed by atoms with Gasteiger partial charge in [-0.05, 0) is 50.3 Å². The van der Waals surface area contributed by atoms with Crippen LogP contribution < -0.4 is 0 Å². The molecule has 1 fully saturated rings. The summed E-state index contributed by atoms with van der Waals surface area (Å²) in [6.45, 7) is 5.33. The van der Waals surface area contributed by atoms with Crippen molar-refractivity contribution >= 4 is 5.91 Å². The van der Waals surface area contributed by atoms with Crippen molar-refractivity contribution in [3.8, 4) is 5.75 Å². The van der Waals surface area contributed by atoms with Crippen LogP contribution in [0.2, 0.25) is 0 Å². The average Bonchev–Trinajstić information content (AvgIpc) is 2.49. The maximum atomic E-state index is 12.3. The van der Waals surface area contributed by atoms with Gasteiger partial charge in [-0.25, -0.2) is 0 Å². The van der Waals surface area contributed by atoms with Crippen LogP contribution >= 0.6 is 0 Å². The summed E-state index contributed by atoms with van der Waals surface area (Å²) >= 11 is 0. The minimum atomic E-state index is 0.000458. The van der Waals surface area contributed by atoms with Crippen LogP contribution in [0.4, 0.5) is 0 Å². The number of carbonyl (C=O) groups excluding carboxylic acids is 1. The van der Waals surface area contributed by atoms with E-state index in [4.69, 9.17) is 0 Å². The summed E-state index contributed by atoms with van der Waals surface area (Å²) in [5.74, 6) is 0.747. The highest BCUT2D eigenvalue weighted by Gasteiger charge is 2.20. The van der Waals surface area contributed by atoms with Crippen molar-refractivity contribution in [2.45, 2.75) is 51.9 Å². The quantitative estimate of drug-likeness (QED) is 0.904. The molecule has 3 nitrogen and oxygen atoms in total. The first kappa shape index (κ1) is 14.9. The Morgan fingerprint density at radius 1 is 1.20 bits per heavy atom. The fourth-order valence-electron chi connectivity index (χ4n) is 3.13. The van der Waals surface area contributed by atoms with Gasteiger partial charge in [-0.3, -0.25) is 4.79 Å². The molecule has 3 heteroatoms. The Morgan fingerprint density at radius 3 is 2.40 bits per heavy atom. The summed E-state index contributed by atoms with van der Waals surface area (Å²) in [6.07, 6.45) is 6.08. The van der Waals surface area contributed by atoms with Crippen molar-refractivity contribution in [1.82, 2.24) is 4.90 Å². The van der Waals surface area contributed by atoms with Gasteiger partial charge in [-0.15, -0.1) is 0 Å². The molecule has 1 aromatic carbocycles. The molecule has 1 aliphatic rings. The first-order valence-corrected chi connectivity index (χ1v) is 7.79. The number of rotatable bonds is 4. The molecule has 1 aromatic rings. The van der Waals surface area contributed by atoms with E-state index in [0.717, 1.165) is 18.4 Å². The lowest BCUT2D eigenvalue weighted by atomic mass is 9.83. The minimum Gasteiger partial charge on any atom is -0.508 e. The molecular formula is C17H25NO2. The molecule has 0 saturated heterocycles. The van der Waals surface area contributed by atoms with Crippen molar-refractivity contribution in [3.63, 3.8) is 0 Å².